The lowest BCUT2D eigenvalue weighted by atomic mass is 10.2. The van der Waals surface area contributed by atoms with Gasteiger partial charge < -0.3 is 15.4 Å². The lowest BCUT2D eigenvalue weighted by Gasteiger charge is -2.18. The van der Waals surface area contributed by atoms with Crippen LogP contribution in [0.5, 0.6) is 5.75 Å². The third-order valence-electron chi connectivity index (χ3n) is 3.75. The van der Waals surface area contributed by atoms with Crippen LogP contribution in [0, 0.1) is 5.82 Å². The smallest absolute Gasteiger partial charge is 0.262 e. The number of hydrogen-bond acceptors (Lipinski definition) is 5. The quantitative estimate of drug-likeness (QED) is 0.786. The second kappa shape index (κ2) is 7.53. The molecule has 2 amide bonds. The Balaban J connectivity index is 1.67. The first-order valence-electron chi connectivity index (χ1n) is 7.79. The molecular formula is C17H14ClFN2O5S. The highest BCUT2D eigenvalue weighted by Gasteiger charge is 2.22. The van der Waals surface area contributed by atoms with Crippen molar-refractivity contribution in [1.82, 2.24) is 0 Å². The molecule has 2 aromatic rings. The van der Waals surface area contributed by atoms with E-state index in [1.807, 2.05) is 0 Å². The van der Waals surface area contributed by atoms with E-state index in [1.54, 1.807) is 0 Å². The van der Waals surface area contributed by atoms with Crippen LogP contribution in [0.15, 0.2) is 41.3 Å². The van der Waals surface area contributed by atoms with E-state index in [0.717, 1.165) is 6.07 Å². The maximum absolute atomic E-state index is 13.7. The molecule has 2 N–H and O–H groups in total. The van der Waals surface area contributed by atoms with Crippen molar-refractivity contribution in [2.45, 2.75) is 11.3 Å². The van der Waals surface area contributed by atoms with Crippen LogP contribution in [-0.4, -0.2) is 32.6 Å². The molecule has 3 rings (SSSR count). The van der Waals surface area contributed by atoms with Crippen LogP contribution in [0.1, 0.15) is 6.42 Å². The van der Waals surface area contributed by atoms with E-state index in [0.29, 0.717) is 5.75 Å². The summed E-state index contributed by atoms with van der Waals surface area (Å²) in [5.41, 5.74) is 0.162. The van der Waals surface area contributed by atoms with Crippen molar-refractivity contribution in [1.29, 1.82) is 0 Å². The first-order chi connectivity index (χ1) is 12.7. The van der Waals surface area contributed by atoms with E-state index in [9.17, 15) is 22.4 Å². The Morgan fingerprint density at radius 1 is 1.26 bits per heavy atom. The van der Waals surface area contributed by atoms with Gasteiger partial charge in [-0.2, -0.15) is 0 Å². The Hall–Kier alpha value is -2.65. The van der Waals surface area contributed by atoms with E-state index in [1.165, 1.54) is 30.3 Å². The number of carbonyl (C=O) groups excluding carboxylic acids is 2. The first-order valence-corrected chi connectivity index (χ1v) is 9.82. The zero-order valence-corrected chi connectivity index (χ0v) is 15.4. The molecule has 0 aliphatic carbocycles. The number of benzene rings is 2. The lowest BCUT2D eigenvalue weighted by molar-refractivity contribution is -0.118. The van der Waals surface area contributed by atoms with E-state index in [-0.39, 0.29) is 40.2 Å². The van der Waals surface area contributed by atoms with Crippen molar-refractivity contribution in [3.63, 3.8) is 0 Å². The van der Waals surface area contributed by atoms with Gasteiger partial charge in [0.05, 0.1) is 22.0 Å². The Kier molecular flexibility index (Phi) is 5.33. The van der Waals surface area contributed by atoms with Crippen molar-refractivity contribution < 1.29 is 27.1 Å². The predicted octanol–water partition coefficient (Wildman–Crippen LogP) is 2.61. The van der Waals surface area contributed by atoms with Gasteiger partial charge in [0.1, 0.15) is 11.6 Å². The normalized spacial score (nSPS) is 13.3. The van der Waals surface area contributed by atoms with Gasteiger partial charge in [-0.15, -0.1) is 0 Å². The zero-order chi connectivity index (χ0) is 19.6. The maximum Gasteiger partial charge on any atom is 0.262 e. The summed E-state index contributed by atoms with van der Waals surface area (Å²) in [5.74, 6) is -1.88. The number of rotatable bonds is 5. The molecule has 27 heavy (non-hydrogen) atoms. The fourth-order valence-corrected chi connectivity index (χ4v) is 3.83. The topological polar surface area (TPSA) is 102 Å². The molecule has 1 aliphatic heterocycles. The number of nitrogens with one attached hydrogen (secondary N) is 2. The molecule has 0 fully saturated rings. The molecule has 7 nitrogen and oxygen atoms in total. The van der Waals surface area contributed by atoms with E-state index < -0.39 is 27.3 Å². The van der Waals surface area contributed by atoms with Gasteiger partial charge in [-0.25, -0.2) is 12.8 Å². The molecule has 1 aliphatic rings. The molecule has 0 unspecified atom stereocenters. The fourth-order valence-electron chi connectivity index (χ4n) is 2.40. The highest BCUT2D eigenvalue weighted by molar-refractivity contribution is 7.91. The fraction of sp³-hybridized carbons (Fsp3) is 0.176. The van der Waals surface area contributed by atoms with Gasteiger partial charge in [-0.1, -0.05) is 11.6 Å². The van der Waals surface area contributed by atoms with Gasteiger partial charge in [0, 0.05) is 11.4 Å². The van der Waals surface area contributed by atoms with E-state index in [4.69, 9.17) is 16.3 Å². The Morgan fingerprint density at radius 3 is 2.78 bits per heavy atom. The molecule has 0 aromatic heterocycles. The van der Waals surface area contributed by atoms with Crippen LogP contribution >= 0.6 is 11.6 Å². The number of hydrogen-bond donors (Lipinski definition) is 2. The van der Waals surface area contributed by atoms with Gasteiger partial charge in [0.25, 0.3) is 5.91 Å². The van der Waals surface area contributed by atoms with Crippen molar-refractivity contribution >= 4 is 44.6 Å². The SMILES string of the molecule is O=C(CCS(=O)(=O)c1ccc2c(c1)NC(=O)CO2)Nc1ccc(Cl)cc1F. The maximum atomic E-state index is 13.7. The van der Waals surface area contributed by atoms with Crippen LogP contribution in [-0.2, 0) is 19.4 Å². The first kappa shape index (κ1) is 19.1. The van der Waals surface area contributed by atoms with Crippen LogP contribution in [0.25, 0.3) is 0 Å². The van der Waals surface area contributed by atoms with Crippen LogP contribution in [0.4, 0.5) is 15.8 Å². The third-order valence-corrected chi connectivity index (χ3v) is 5.69. The Morgan fingerprint density at radius 2 is 2.04 bits per heavy atom. The van der Waals surface area contributed by atoms with Gasteiger partial charge in [0.15, 0.2) is 16.4 Å². The average Bonchev–Trinajstić information content (AvgIpc) is 2.62. The predicted molar refractivity (Wildman–Crippen MR) is 97.3 cm³/mol. The van der Waals surface area contributed by atoms with Crippen molar-refractivity contribution in [2.24, 2.45) is 0 Å². The highest BCUT2D eigenvalue weighted by Crippen LogP contribution is 2.30. The standard InChI is InChI=1S/C17H14ClFN2O5S/c18-10-1-3-13(12(19)7-10)20-16(22)5-6-27(24,25)11-2-4-15-14(8-11)21-17(23)9-26-15/h1-4,7-8H,5-6,9H2,(H,20,22)(H,21,23). The summed E-state index contributed by atoms with van der Waals surface area (Å²) in [4.78, 5) is 23.2. The van der Waals surface area contributed by atoms with Crippen molar-refractivity contribution in [3.05, 3.63) is 47.2 Å². The number of amides is 2. The number of sulfone groups is 1. The molecule has 2 aromatic carbocycles. The van der Waals surface area contributed by atoms with Crippen molar-refractivity contribution in [2.75, 3.05) is 23.0 Å². The Labute approximate surface area is 159 Å². The Bertz CT molecular complexity index is 1030. The summed E-state index contributed by atoms with van der Waals surface area (Å²) in [6.07, 6.45) is -0.371. The summed E-state index contributed by atoms with van der Waals surface area (Å²) < 4.78 is 43.7. The zero-order valence-electron chi connectivity index (χ0n) is 13.8. The number of fused-ring (bicyclic) bond motifs is 1. The molecule has 0 atom stereocenters. The minimum atomic E-state index is -3.80. The van der Waals surface area contributed by atoms with E-state index >= 15 is 0 Å². The summed E-state index contributed by atoms with van der Waals surface area (Å²) in [6, 6.07) is 7.78. The molecule has 0 saturated carbocycles. The number of ether oxygens (including phenoxy) is 1. The second-order valence-electron chi connectivity index (χ2n) is 5.74. The minimum absolute atomic E-state index is 0.0578. The summed E-state index contributed by atoms with van der Waals surface area (Å²) in [6.45, 7) is -0.138. The van der Waals surface area contributed by atoms with E-state index in [2.05, 4.69) is 10.6 Å². The summed E-state index contributed by atoms with van der Waals surface area (Å²) in [5, 5.41) is 5.00. The van der Waals surface area contributed by atoms with Gasteiger partial charge in [-0.3, -0.25) is 9.59 Å². The molecule has 0 radical (unpaired) electrons. The van der Waals surface area contributed by atoms with Crippen LogP contribution in [0.2, 0.25) is 5.02 Å². The molecular weight excluding hydrogens is 399 g/mol. The van der Waals surface area contributed by atoms with Gasteiger partial charge in [0.2, 0.25) is 5.91 Å². The second-order valence-corrected chi connectivity index (χ2v) is 8.28. The number of anilines is 2. The van der Waals surface area contributed by atoms with Gasteiger partial charge in [-0.05, 0) is 36.4 Å². The lowest BCUT2D eigenvalue weighted by Crippen LogP contribution is -2.25. The van der Waals surface area contributed by atoms with Gasteiger partial charge >= 0.3 is 0 Å². The summed E-state index contributed by atoms with van der Waals surface area (Å²) in [7, 11) is -3.80. The molecule has 0 spiro atoms. The largest absolute Gasteiger partial charge is 0.482 e. The summed E-state index contributed by atoms with van der Waals surface area (Å²) >= 11 is 5.63. The molecule has 10 heteroatoms. The minimum Gasteiger partial charge on any atom is -0.482 e. The number of carbonyl (C=O) groups is 2. The number of halogens is 2. The molecule has 1 heterocycles. The average molecular weight is 413 g/mol. The molecule has 142 valence electrons. The highest BCUT2D eigenvalue weighted by atomic mass is 35.5. The van der Waals surface area contributed by atoms with Crippen molar-refractivity contribution in [3.8, 4) is 5.75 Å². The van der Waals surface area contributed by atoms with Crippen LogP contribution < -0.4 is 15.4 Å². The monoisotopic (exact) mass is 412 g/mol. The third kappa shape index (κ3) is 4.55. The van der Waals surface area contributed by atoms with Crippen LogP contribution in [0.3, 0.4) is 0 Å². The molecule has 0 bridgehead atoms. The molecule has 0 saturated heterocycles.